The van der Waals surface area contributed by atoms with E-state index in [0.717, 1.165) is 18.8 Å². The Kier molecular flexibility index (Phi) is 8.79. The maximum absolute atomic E-state index is 6.04. The molecule has 114 valence electrons. The third-order valence-corrected chi connectivity index (χ3v) is 4.50. The Morgan fingerprint density at radius 1 is 1.05 bits per heavy atom. The third kappa shape index (κ3) is 5.02. The lowest BCUT2D eigenvalue weighted by molar-refractivity contribution is 0.674. The van der Waals surface area contributed by atoms with E-state index in [-0.39, 0.29) is 0 Å². The zero-order valence-corrected chi connectivity index (χ0v) is 14.1. The van der Waals surface area contributed by atoms with Crippen LogP contribution in [0.2, 0.25) is 0 Å². The van der Waals surface area contributed by atoms with E-state index in [9.17, 15) is 0 Å². The Bertz CT molecular complexity index is 371. The Morgan fingerprint density at radius 3 is 2.20 bits per heavy atom. The summed E-state index contributed by atoms with van der Waals surface area (Å²) in [4.78, 5) is 3.89. The van der Waals surface area contributed by atoms with E-state index in [1.165, 1.54) is 41.8 Å². The van der Waals surface area contributed by atoms with Crippen LogP contribution in [0.1, 0.15) is 52.0 Å². The highest BCUT2D eigenvalue weighted by atomic mass is 32.2. The molecule has 2 N–H and O–H groups in total. The number of benzene rings is 1. The number of anilines is 1. The minimum Gasteiger partial charge on any atom is -0.371 e. The van der Waals surface area contributed by atoms with Crippen LogP contribution in [0.25, 0.3) is 0 Å². The molecule has 0 heterocycles. The maximum atomic E-state index is 6.04. The minimum atomic E-state index is 0.632. The summed E-state index contributed by atoms with van der Waals surface area (Å²) in [5.74, 6) is 1.10. The fourth-order valence-corrected chi connectivity index (χ4v) is 3.24. The molecular weight excluding hydrogens is 264 g/mol. The van der Waals surface area contributed by atoms with Crippen LogP contribution < -0.4 is 10.6 Å². The number of nitrogens with two attached hydrogens (primary N) is 1. The highest BCUT2D eigenvalue weighted by molar-refractivity contribution is 7.99. The molecule has 1 aromatic carbocycles. The Balaban J connectivity index is 3.00. The van der Waals surface area contributed by atoms with Gasteiger partial charge in [-0.1, -0.05) is 39.7 Å². The molecule has 0 atom stereocenters. The van der Waals surface area contributed by atoms with Gasteiger partial charge in [-0.2, -0.15) is 0 Å². The minimum absolute atomic E-state index is 0.632. The average molecular weight is 295 g/mol. The van der Waals surface area contributed by atoms with Crippen LogP contribution in [0, 0.1) is 0 Å². The van der Waals surface area contributed by atoms with E-state index in [4.69, 9.17) is 5.73 Å². The molecule has 20 heavy (non-hydrogen) atoms. The first kappa shape index (κ1) is 17.4. The van der Waals surface area contributed by atoms with E-state index in [0.29, 0.717) is 6.54 Å². The molecule has 1 aromatic rings. The van der Waals surface area contributed by atoms with Crippen molar-refractivity contribution in [3.63, 3.8) is 0 Å². The van der Waals surface area contributed by atoms with Crippen molar-refractivity contribution >= 4 is 17.4 Å². The van der Waals surface area contributed by atoms with Crippen molar-refractivity contribution in [2.45, 2.75) is 57.9 Å². The Morgan fingerprint density at radius 2 is 1.70 bits per heavy atom. The van der Waals surface area contributed by atoms with Crippen LogP contribution in [-0.2, 0) is 6.54 Å². The van der Waals surface area contributed by atoms with Crippen LogP contribution in [0.4, 0.5) is 5.69 Å². The first-order chi connectivity index (χ1) is 9.78. The van der Waals surface area contributed by atoms with E-state index in [1.807, 2.05) is 11.8 Å². The SMILES string of the molecule is CCCCN(CCCC)c1cccc(SCC)c1CN. The molecule has 0 bridgehead atoms. The second-order valence-corrected chi connectivity index (χ2v) is 6.39. The smallest absolute Gasteiger partial charge is 0.0423 e. The Labute approximate surface area is 129 Å². The van der Waals surface area contributed by atoms with Gasteiger partial charge in [0.25, 0.3) is 0 Å². The van der Waals surface area contributed by atoms with Crippen molar-refractivity contribution in [2.75, 3.05) is 23.7 Å². The van der Waals surface area contributed by atoms with E-state index in [1.54, 1.807) is 0 Å². The standard InChI is InChI=1S/C17H30N2S/c1-4-7-12-19(13-8-5-2)16-10-9-11-17(20-6-3)15(16)14-18/h9-11H,4-8,12-14,18H2,1-3H3. The highest BCUT2D eigenvalue weighted by Crippen LogP contribution is 2.31. The van der Waals surface area contributed by atoms with E-state index < -0.39 is 0 Å². The molecule has 0 aliphatic heterocycles. The molecule has 0 fully saturated rings. The molecule has 0 saturated heterocycles. The van der Waals surface area contributed by atoms with Gasteiger partial charge in [-0.25, -0.2) is 0 Å². The second kappa shape index (κ2) is 10.1. The molecule has 0 aromatic heterocycles. The van der Waals surface area contributed by atoms with Crippen molar-refractivity contribution in [1.29, 1.82) is 0 Å². The van der Waals surface area contributed by atoms with Crippen molar-refractivity contribution < 1.29 is 0 Å². The van der Waals surface area contributed by atoms with Gasteiger partial charge in [0.2, 0.25) is 0 Å². The fourth-order valence-electron chi connectivity index (χ4n) is 2.40. The maximum Gasteiger partial charge on any atom is 0.0423 e. The molecule has 2 nitrogen and oxygen atoms in total. The fraction of sp³-hybridized carbons (Fsp3) is 0.647. The van der Waals surface area contributed by atoms with Crippen LogP contribution in [0.3, 0.4) is 0 Å². The largest absolute Gasteiger partial charge is 0.371 e. The van der Waals surface area contributed by atoms with Crippen molar-refractivity contribution in [3.05, 3.63) is 23.8 Å². The van der Waals surface area contributed by atoms with Gasteiger partial charge in [0.15, 0.2) is 0 Å². The van der Waals surface area contributed by atoms with Gasteiger partial charge in [0, 0.05) is 35.8 Å². The summed E-state index contributed by atoms with van der Waals surface area (Å²) in [5.41, 5.74) is 8.72. The van der Waals surface area contributed by atoms with Crippen molar-refractivity contribution in [1.82, 2.24) is 0 Å². The second-order valence-electron chi connectivity index (χ2n) is 5.09. The predicted octanol–water partition coefficient (Wildman–Crippen LogP) is 4.66. The van der Waals surface area contributed by atoms with Gasteiger partial charge in [0.05, 0.1) is 0 Å². The number of hydrogen-bond donors (Lipinski definition) is 1. The van der Waals surface area contributed by atoms with Crippen LogP contribution in [-0.4, -0.2) is 18.8 Å². The molecule has 0 unspecified atom stereocenters. The van der Waals surface area contributed by atoms with E-state index in [2.05, 4.69) is 43.9 Å². The van der Waals surface area contributed by atoms with Gasteiger partial charge in [-0.3, -0.25) is 0 Å². The van der Waals surface area contributed by atoms with Crippen LogP contribution in [0.15, 0.2) is 23.1 Å². The summed E-state index contributed by atoms with van der Waals surface area (Å²) in [6.07, 6.45) is 4.98. The number of nitrogens with zero attached hydrogens (tertiary/aromatic N) is 1. The van der Waals surface area contributed by atoms with Gasteiger partial charge in [-0.05, 0) is 30.7 Å². The summed E-state index contributed by atoms with van der Waals surface area (Å²) in [5, 5.41) is 0. The summed E-state index contributed by atoms with van der Waals surface area (Å²) < 4.78 is 0. The lowest BCUT2D eigenvalue weighted by atomic mass is 10.1. The first-order valence-electron chi connectivity index (χ1n) is 7.98. The Hall–Kier alpha value is -0.670. The number of thioether (sulfide) groups is 1. The molecule has 0 radical (unpaired) electrons. The van der Waals surface area contributed by atoms with Gasteiger partial charge < -0.3 is 10.6 Å². The molecular formula is C17H30N2S. The third-order valence-electron chi connectivity index (χ3n) is 3.52. The quantitative estimate of drug-likeness (QED) is 0.636. The zero-order chi connectivity index (χ0) is 14.8. The van der Waals surface area contributed by atoms with Gasteiger partial charge in [0.1, 0.15) is 0 Å². The van der Waals surface area contributed by atoms with Crippen LogP contribution >= 0.6 is 11.8 Å². The summed E-state index contributed by atoms with van der Waals surface area (Å²) in [6.45, 7) is 9.63. The van der Waals surface area contributed by atoms with Gasteiger partial charge in [-0.15, -0.1) is 11.8 Å². The summed E-state index contributed by atoms with van der Waals surface area (Å²) in [6, 6.07) is 6.63. The van der Waals surface area contributed by atoms with Crippen molar-refractivity contribution in [2.24, 2.45) is 5.73 Å². The van der Waals surface area contributed by atoms with Crippen molar-refractivity contribution in [3.8, 4) is 0 Å². The summed E-state index contributed by atoms with van der Waals surface area (Å²) in [7, 11) is 0. The zero-order valence-electron chi connectivity index (χ0n) is 13.3. The lowest BCUT2D eigenvalue weighted by Gasteiger charge is -2.28. The average Bonchev–Trinajstić information content (AvgIpc) is 2.47. The monoisotopic (exact) mass is 294 g/mol. The molecule has 3 heteroatoms. The number of unbranched alkanes of at least 4 members (excludes halogenated alkanes) is 2. The summed E-state index contributed by atoms with van der Waals surface area (Å²) >= 11 is 1.90. The van der Waals surface area contributed by atoms with E-state index >= 15 is 0 Å². The lowest BCUT2D eigenvalue weighted by Crippen LogP contribution is -2.27. The topological polar surface area (TPSA) is 29.3 Å². The number of rotatable bonds is 10. The molecule has 1 rings (SSSR count). The van der Waals surface area contributed by atoms with Gasteiger partial charge >= 0.3 is 0 Å². The molecule has 0 spiro atoms. The molecule has 0 saturated carbocycles. The predicted molar refractivity (Wildman–Crippen MR) is 92.8 cm³/mol. The molecule has 0 aliphatic carbocycles. The molecule has 0 aliphatic rings. The normalized spacial score (nSPS) is 10.8. The van der Waals surface area contributed by atoms with Crippen LogP contribution in [0.5, 0.6) is 0 Å². The highest BCUT2D eigenvalue weighted by Gasteiger charge is 2.13. The number of hydrogen-bond acceptors (Lipinski definition) is 3. The first-order valence-corrected chi connectivity index (χ1v) is 8.96. The molecule has 0 amide bonds.